The van der Waals surface area contributed by atoms with Gasteiger partial charge in [0.1, 0.15) is 6.10 Å². The van der Waals surface area contributed by atoms with Gasteiger partial charge in [0.25, 0.3) is 0 Å². The Bertz CT molecular complexity index is 194. The van der Waals surface area contributed by atoms with Gasteiger partial charge in [0.15, 0.2) is 5.78 Å². The van der Waals surface area contributed by atoms with E-state index in [-0.39, 0.29) is 6.10 Å². The van der Waals surface area contributed by atoms with Crippen molar-refractivity contribution in [1.82, 2.24) is 4.90 Å². The van der Waals surface area contributed by atoms with Crippen LogP contribution in [-0.2, 0) is 9.53 Å². The van der Waals surface area contributed by atoms with Crippen LogP contribution in [0.15, 0.2) is 0 Å². The molecule has 1 atom stereocenters. The topological polar surface area (TPSA) is 29.5 Å². The van der Waals surface area contributed by atoms with Crippen molar-refractivity contribution in [3.63, 3.8) is 0 Å². The zero-order chi connectivity index (χ0) is 11.1. The summed E-state index contributed by atoms with van der Waals surface area (Å²) in [4.78, 5) is 14.1. The molecule has 0 bridgehead atoms. The van der Waals surface area contributed by atoms with Crippen molar-refractivity contribution >= 4 is 5.78 Å². The van der Waals surface area contributed by atoms with E-state index >= 15 is 0 Å². The van der Waals surface area contributed by atoms with Gasteiger partial charge < -0.3 is 4.74 Å². The fraction of sp³-hybridized carbons (Fsp3) is 0.917. The molecule has 1 aliphatic rings. The number of carbonyl (C=O) groups is 1. The average molecular weight is 213 g/mol. The van der Waals surface area contributed by atoms with Crippen LogP contribution < -0.4 is 0 Å². The van der Waals surface area contributed by atoms with Crippen molar-refractivity contribution in [2.75, 3.05) is 26.2 Å². The Labute approximate surface area is 92.8 Å². The molecule has 3 heteroatoms. The second-order valence-corrected chi connectivity index (χ2v) is 4.18. The van der Waals surface area contributed by atoms with Gasteiger partial charge in [-0.3, -0.25) is 9.69 Å². The van der Waals surface area contributed by atoms with Crippen molar-refractivity contribution in [2.24, 2.45) is 0 Å². The van der Waals surface area contributed by atoms with E-state index in [4.69, 9.17) is 4.74 Å². The molecule has 3 nitrogen and oxygen atoms in total. The molecule has 0 radical (unpaired) electrons. The van der Waals surface area contributed by atoms with Crippen LogP contribution in [0, 0.1) is 0 Å². The minimum atomic E-state index is -0.157. The number of Topliss-reactive ketones (excluding diaryl/α,β-unsaturated/α-hetero) is 1. The lowest BCUT2D eigenvalue weighted by Crippen LogP contribution is -2.45. The molecule has 0 aromatic carbocycles. The molecule has 0 saturated carbocycles. The van der Waals surface area contributed by atoms with Crippen LogP contribution in [0.2, 0.25) is 0 Å². The van der Waals surface area contributed by atoms with E-state index in [9.17, 15) is 4.79 Å². The Morgan fingerprint density at radius 2 is 2.20 bits per heavy atom. The molecule has 1 aliphatic heterocycles. The normalized spacial score (nSPS) is 22.9. The van der Waals surface area contributed by atoms with E-state index in [2.05, 4.69) is 18.7 Å². The summed E-state index contributed by atoms with van der Waals surface area (Å²) in [7, 11) is 0. The largest absolute Gasteiger partial charge is 0.368 e. The maximum absolute atomic E-state index is 11.8. The van der Waals surface area contributed by atoms with Gasteiger partial charge in [-0.05, 0) is 13.0 Å². The second kappa shape index (κ2) is 6.96. The minimum Gasteiger partial charge on any atom is -0.368 e. The highest BCUT2D eigenvalue weighted by atomic mass is 16.5. The van der Waals surface area contributed by atoms with Crippen LogP contribution in [0.5, 0.6) is 0 Å². The predicted octanol–water partition coefficient (Wildman–Crippen LogP) is 1.86. The van der Waals surface area contributed by atoms with Gasteiger partial charge >= 0.3 is 0 Å². The summed E-state index contributed by atoms with van der Waals surface area (Å²) in [6, 6.07) is 0. The number of likely N-dealkylation sites (N-methyl/N-ethyl adjacent to an activating group) is 1. The number of rotatable bonds is 6. The van der Waals surface area contributed by atoms with Crippen LogP contribution >= 0.6 is 0 Å². The first-order valence-corrected chi connectivity index (χ1v) is 6.14. The highest BCUT2D eigenvalue weighted by molar-refractivity contribution is 5.83. The van der Waals surface area contributed by atoms with E-state index in [1.165, 1.54) is 6.42 Å². The van der Waals surface area contributed by atoms with Crippen LogP contribution in [-0.4, -0.2) is 43.0 Å². The van der Waals surface area contributed by atoms with Crippen LogP contribution in [0.4, 0.5) is 0 Å². The number of hydrogen-bond donors (Lipinski definition) is 0. The number of ketones is 1. The van der Waals surface area contributed by atoms with E-state index in [0.717, 1.165) is 32.5 Å². The van der Waals surface area contributed by atoms with Gasteiger partial charge in [0.2, 0.25) is 0 Å². The fourth-order valence-electron chi connectivity index (χ4n) is 1.89. The third-order valence-electron chi connectivity index (χ3n) is 2.98. The first-order valence-electron chi connectivity index (χ1n) is 6.14. The van der Waals surface area contributed by atoms with Crippen molar-refractivity contribution < 1.29 is 9.53 Å². The number of hydrogen-bond acceptors (Lipinski definition) is 3. The molecule has 0 N–H and O–H groups in total. The Hall–Kier alpha value is -0.410. The molecular formula is C12H23NO2. The average Bonchev–Trinajstić information content (AvgIpc) is 2.29. The minimum absolute atomic E-state index is 0.157. The molecule has 0 amide bonds. The molecule has 1 heterocycles. The molecule has 0 spiro atoms. The van der Waals surface area contributed by atoms with Gasteiger partial charge in [0, 0.05) is 19.5 Å². The summed E-state index contributed by atoms with van der Waals surface area (Å²) in [5, 5.41) is 0. The Morgan fingerprint density at radius 3 is 2.87 bits per heavy atom. The summed E-state index contributed by atoms with van der Waals surface area (Å²) in [6.45, 7) is 7.77. The molecule has 0 aliphatic carbocycles. The van der Waals surface area contributed by atoms with Gasteiger partial charge in [-0.2, -0.15) is 0 Å². The SMILES string of the molecule is CCCCCC(=O)C1CN(CC)CCO1. The number of unbranched alkanes of at least 4 members (excludes halogenated alkanes) is 2. The van der Waals surface area contributed by atoms with Gasteiger partial charge in [-0.1, -0.05) is 26.7 Å². The van der Waals surface area contributed by atoms with Gasteiger partial charge in [-0.15, -0.1) is 0 Å². The van der Waals surface area contributed by atoms with Crippen LogP contribution in [0.1, 0.15) is 39.5 Å². The molecule has 1 fully saturated rings. The number of morpholine rings is 1. The monoisotopic (exact) mass is 213 g/mol. The van der Waals surface area contributed by atoms with Crippen molar-refractivity contribution in [2.45, 2.75) is 45.6 Å². The first-order chi connectivity index (χ1) is 7.27. The Morgan fingerprint density at radius 1 is 1.40 bits per heavy atom. The summed E-state index contributed by atoms with van der Waals surface area (Å²) in [5.74, 6) is 0.293. The third-order valence-corrected chi connectivity index (χ3v) is 2.98. The summed E-state index contributed by atoms with van der Waals surface area (Å²) >= 11 is 0. The van der Waals surface area contributed by atoms with Crippen molar-refractivity contribution in [3.8, 4) is 0 Å². The maximum atomic E-state index is 11.8. The predicted molar refractivity (Wildman–Crippen MR) is 61.0 cm³/mol. The summed E-state index contributed by atoms with van der Waals surface area (Å²) < 4.78 is 5.51. The Balaban J connectivity index is 2.25. The van der Waals surface area contributed by atoms with Crippen LogP contribution in [0.25, 0.3) is 0 Å². The molecule has 0 aromatic heterocycles. The number of carbonyl (C=O) groups excluding carboxylic acids is 1. The molecule has 88 valence electrons. The molecule has 15 heavy (non-hydrogen) atoms. The quantitative estimate of drug-likeness (QED) is 0.631. The summed E-state index contributed by atoms with van der Waals surface area (Å²) in [6.07, 6.45) is 3.86. The smallest absolute Gasteiger partial charge is 0.162 e. The fourth-order valence-corrected chi connectivity index (χ4v) is 1.89. The zero-order valence-corrected chi connectivity index (χ0v) is 10.00. The van der Waals surface area contributed by atoms with Crippen LogP contribution in [0.3, 0.4) is 0 Å². The zero-order valence-electron chi connectivity index (χ0n) is 10.00. The lowest BCUT2D eigenvalue weighted by Gasteiger charge is -2.31. The molecule has 1 rings (SSSR count). The molecular weight excluding hydrogens is 190 g/mol. The van der Waals surface area contributed by atoms with Gasteiger partial charge in [0.05, 0.1) is 6.61 Å². The molecule has 1 unspecified atom stereocenters. The second-order valence-electron chi connectivity index (χ2n) is 4.18. The first kappa shape index (κ1) is 12.7. The lowest BCUT2D eigenvalue weighted by molar-refractivity contribution is -0.136. The van der Waals surface area contributed by atoms with Gasteiger partial charge in [-0.25, -0.2) is 0 Å². The standard InChI is InChI=1S/C12H23NO2/c1-3-5-6-7-11(14)12-10-13(4-2)8-9-15-12/h12H,3-10H2,1-2H3. The highest BCUT2D eigenvalue weighted by Crippen LogP contribution is 2.10. The van der Waals surface area contributed by atoms with E-state index in [1.54, 1.807) is 0 Å². The lowest BCUT2D eigenvalue weighted by atomic mass is 10.1. The number of nitrogens with zero attached hydrogens (tertiary/aromatic N) is 1. The molecule has 1 saturated heterocycles. The van der Waals surface area contributed by atoms with E-state index in [0.29, 0.717) is 18.8 Å². The van der Waals surface area contributed by atoms with Crippen molar-refractivity contribution in [1.29, 1.82) is 0 Å². The van der Waals surface area contributed by atoms with E-state index < -0.39 is 0 Å². The number of ether oxygens (including phenoxy) is 1. The van der Waals surface area contributed by atoms with Crippen molar-refractivity contribution in [3.05, 3.63) is 0 Å². The highest BCUT2D eigenvalue weighted by Gasteiger charge is 2.24. The molecule has 0 aromatic rings. The maximum Gasteiger partial charge on any atom is 0.162 e. The summed E-state index contributed by atoms with van der Waals surface area (Å²) in [5.41, 5.74) is 0. The van der Waals surface area contributed by atoms with E-state index in [1.807, 2.05) is 0 Å². The Kier molecular flexibility index (Phi) is 5.88. The third kappa shape index (κ3) is 4.31.